The lowest BCUT2D eigenvalue weighted by molar-refractivity contribution is 0.163. The summed E-state index contributed by atoms with van der Waals surface area (Å²) < 4.78 is 2.21. The predicted molar refractivity (Wildman–Crippen MR) is 96.5 cm³/mol. The minimum atomic E-state index is -0.153. The van der Waals surface area contributed by atoms with Crippen molar-refractivity contribution in [1.29, 1.82) is 0 Å². The fraction of sp³-hybridized carbons (Fsp3) is 0.474. The second kappa shape index (κ2) is 7.59. The zero-order chi connectivity index (χ0) is 17.8. The van der Waals surface area contributed by atoms with E-state index in [0.717, 1.165) is 37.2 Å². The second-order valence-corrected chi connectivity index (χ2v) is 6.61. The molecule has 1 aliphatic heterocycles. The van der Waals surface area contributed by atoms with E-state index in [4.69, 9.17) is 0 Å². The molecule has 6 heteroatoms. The van der Waals surface area contributed by atoms with Gasteiger partial charge in [0.05, 0.1) is 12.1 Å². The van der Waals surface area contributed by atoms with Crippen LogP contribution in [-0.2, 0) is 6.42 Å². The van der Waals surface area contributed by atoms with Crippen LogP contribution in [-0.4, -0.2) is 38.7 Å². The average molecular weight is 342 g/mol. The first-order valence-electron chi connectivity index (χ1n) is 8.94. The van der Waals surface area contributed by atoms with Crippen LogP contribution in [0.2, 0.25) is 0 Å². The van der Waals surface area contributed by atoms with Crippen molar-refractivity contribution in [1.82, 2.24) is 19.8 Å². The van der Waals surface area contributed by atoms with Crippen LogP contribution < -0.4 is 5.32 Å². The predicted octanol–water partition coefficient (Wildman–Crippen LogP) is 3.26. The summed E-state index contributed by atoms with van der Waals surface area (Å²) in [5.74, 6) is 1.28. The maximum atomic E-state index is 12.7. The number of carbonyl (C=O) groups is 1. The molecule has 2 aromatic rings. The Kier molecular flexibility index (Phi) is 5.26. The van der Waals surface area contributed by atoms with Crippen molar-refractivity contribution in [3.05, 3.63) is 48.0 Å². The zero-order valence-electron chi connectivity index (χ0n) is 14.9. The molecule has 134 valence electrons. The largest absolute Gasteiger partial charge is 0.508 e. The maximum absolute atomic E-state index is 12.7. The van der Waals surface area contributed by atoms with Gasteiger partial charge >= 0.3 is 6.03 Å². The standard InChI is InChI=1S/C19H26N4O2/c1-3-18-20-9-11-23(18)16-7-5-10-22(13-16)19(25)21-14(2)15-6-4-8-17(24)12-15/h4,6,8-9,11-12,14,16,24H,3,5,7,10,13H2,1-2H3,(H,21,25)/t14-,16+/m0/s1. The Labute approximate surface area is 148 Å². The molecule has 0 aliphatic carbocycles. The smallest absolute Gasteiger partial charge is 0.317 e. The minimum Gasteiger partial charge on any atom is -0.508 e. The topological polar surface area (TPSA) is 70.4 Å². The number of rotatable bonds is 4. The minimum absolute atomic E-state index is 0.0568. The highest BCUT2D eigenvalue weighted by Crippen LogP contribution is 2.24. The van der Waals surface area contributed by atoms with Gasteiger partial charge < -0.3 is 19.9 Å². The number of nitrogens with zero attached hydrogens (tertiary/aromatic N) is 3. The number of phenols is 1. The molecule has 0 bridgehead atoms. The van der Waals surface area contributed by atoms with E-state index in [9.17, 15) is 9.90 Å². The van der Waals surface area contributed by atoms with Crippen molar-refractivity contribution in [3.63, 3.8) is 0 Å². The summed E-state index contributed by atoms with van der Waals surface area (Å²) in [7, 11) is 0. The van der Waals surface area contributed by atoms with Gasteiger partial charge in [-0.3, -0.25) is 0 Å². The van der Waals surface area contributed by atoms with Crippen LogP contribution in [0.25, 0.3) is 0 Å². The molecule has 25 heavy (non-hydrogen) atoms. The van der Waals surface area contributed by atoms with Gasteiger partial charge in [-0.2, -0.15) is 0 Å². The summed E-state index contributed by atoms with van der Waals surface area (Å²) in [5, 5.41) is 12.6. The molecule has 1 aliphatic rings. The van der Waals surface area contributed by atoms with Crippen LogP contribution >= 0.6 is 0 Å². The average Bonchev–Trinajstić information content (AvgIpc) is 3.10. The monoisotopic (exact) mass is 342 g/mol. The number of hydrogen-bond acceptors (Lipinski definition) is 3. The van der Waals surface area contributed by atoms with Crippen molar-refractivity contribution < 1.29 is 9.90 Å². The lowest BCUT2D eigenvalue weighted by Gasteiger charge is -2.34. The van der Waals surface area contributed by atoms with Gasteiger partial charge in [-0.25, -0.2) is 9.78 Å². The number of imidazole rings is 1. The molecule has 0 spiro atoms. The Morgan fingerprint density at radius 2 is 2.32 bits per heavy atom. The lowest BCUT2D eigenvalue weighted by Crippen LogP contribution is -2.46. The summed E-state index contributed by atoms with van der Waals surface area (Å²) in [6.45, 7) is 5.50. The van der Waals surface area contributed by atoms with E-state index in [1.54, 1.807) is 18.2 Å². The van der Waals surface area contributed by atoms with Crippen LogP contribution in [0, 0.1) is 0 Å². The van der Waals surface area contributed by atoms with E-state index in [2.05, 4.69) is 21.8 Å². The van der Waals surface area contributed by atoms with E-state index >= 15 is 0 Å². The summed E-state index contributed by atoms with van der Waals surface area (Å²) in [5.41, 5.74) is 0.893. The molecule has 6 nitrogen and oxygen atoms in total. The molecule has 0 unspecified atom stereocenters. The molecule has 2 N–H and O–H groups in total. The molecule has 3 rings (SSSR count). The molecular weight excluding hydrogens is 316 g/mol. The Hall–Kier alpha value is -2.50. The first-order chi connectivity index (χ1) is 12.1. The normalized spacial score (nSPS) is 18.8. The molecule has 2 atom stereocenters. The number of benzene rings is 1. The second-order valence-electron chi connectivity index (χ2n) is 6.61. The van der Waals surface area contributed by atoms with E-state index in [1.165, 1.54) is 0 Å². The van der Waals surface area contributed by atoms with Crippen molar-refractivity contribution in [2.75, 3.05) is 13.1 Å². The van der Waals surface area contributed by atoms with Gasteiger partial charge in [-0.1, -0.05) is 19.1 Å². The number of likely N-dealkylation sites (tertiary alicyclic amines) is 1. The molecule has 1 aromatic heterocycles. The number of nitrogens with one attached hydrogen (secondary N) is 1. The van der Waals surface area contributed by atoms with Crippen LogP contribution in [0.15, 0.2) is 36.7 Å². The Balaban J connectivity index is 1.64. The number of aromatic hydroxyl groups is 1. The number of carbonyl (C=O) groups excluding carboxylic acids is 1. The number of amides is 2. The number of piperidine rings is 1. The third-order valence-electron chi connectivity index (χ3n) is 4.85. The van der Waals surface area contributed by atoms with Gasteiger partial charge in [0.15, 0.2) is 0 Å². The Morgan fingerprint density at radius 1 is 1.48 bits per heavy atom. The highest BCUT2D eigenvalue weighted by Gasteiger charge is 2.26. The number of hydrogen-bond donors (Lipinski definition) is 2. The fourth-order valence-corrected chi connectivity index (χ4v) is 3.47. The molecule has 1 saturated heterocycles. The maximum Gasteiger partial charge on any atom is 0.317 e. The molecule has 2 heterocycles. The first-order valence-corrected chi connectivity index (χ1v) is 8.94. The molecular formula is C19H26N4O2. The first kappa shape index (κ1) is 17.3. The van der Waals surface area contributed by atoms with E-state index in [0.29, 0.717) is 6.54 Å². The van der Waals surface area contributed by atoms with E-state index < -0.39 is 0 Å². The van der Waals surface area contributed by atoms with Gasteiger partial charge in [-0.05, 0) is 37.5 Å². The van der Waals surface area contributed by atoms with E-state index in [1.807, 2.05) is 30.3 Å². The number of aromatic nitrogens is 2. The van der Waals surface area contributed by atoms with Crippen LogP contribution in [0.4, 0.5) is 4.79 Å². The van der Waals surface area contributed by atoms with Crippen LogP contribution in [0.5, 0.6) is 5.75 Å². The molecule has 0 saturated carbocycles. The summed E-state index contributed by atoms with van der Waals surface area (Å²) in [6, 6.07) is 7.08. The summed E-state index contributed by atoms with van der Waals surface area (Å²) in [6.07, 6.45) is 6.79. The summed E-state index contributed by atoms with van der Waals surface area (Å²) >= 11 is 0. The molecule has 0 radical (unpaired) electrons. The van der Waals surface area contributed by atoms with Crippen molar-refractivity contribution >= 4 is 6.03 Å². The molecule has 1 fully saturated rings. The van der Waals surface area contributed by atoms with Crippen molar-refractivity contribution in [2.24, 2.45) is 0 Å². The highest BCUT2D eigenvalue weighted by molar-refractivity contribution is 5.74. The van der Waals surface area contributed by atoms with Crippen LogP contribution in [0.1, 0.15) is 50.2 Å². The Bertz CT molecular complexity index is 728. The van der Waals surface area contributed by atoms with Gasteiger partial charge in [0.25, 0.3) is 0 Å². The number of aryl methyl sites for hydroxylation is 1. The fourth-order valence-electron chi connectivity index (χ4n) is 3.47. The quantitative estimate of drug-likeness (QED) is 0.896. The number of phenolic OH excluding ortho intramolecular Hbond substituents is 1. The third kappa shape index (κ3) is 3.95. The van der Waals surface area contributed by atoms with Crippen LogP contribution in [0.3, 0.4) is 0 Å². The number of urea groups is 1. The molecule has 2 amide bonds. The third-order valence-corrected chi connectivity index (χ3v) is 4.85. The van der Waals surface area contributed by atoms with Gasteiger partial charge in [0.2, 0.25) is 0 Å². The molecule has 1 aromatic carbocycles. The Morgan fingerprint density at radius 3 is 3.08 bits per heavy atom. The van der Waals surface area contributed by atoms with Gasteiger partial charge in [-0.15, -0.1) is 0 Å². The van der Waals surface area contributed by atoms with Crippen molar-refractivity contribution in [3.8, 4) is 5.75 Å². The SMILES string of the molecule is CCc1nccn1[C@@H]1CCCN(C(=O)N[C@@H](C)c2cccc(O)c2)C1. The van der Waals surface area contributed by atoms with E-state index in [-0.39, 0.29) is 23.9 Å². The lowest BCUT2D eigenvalue weighted by atomic mass is 10.1. The summed E-state index contributed by atoms with van der Waals surface area (Å²) in [4.78, 5) is 18.9. The zero-order valence-corrected chi connectivity index (χ0v) is 14.9. The van der Waals surface area contributed by atoms with Gasteiger partial charge in [0.1, 0.15) is 11.6 Å². The van der Waals surface area contributed by atoms with Gasteiger partial charge in [0, 0.05) is 31.9 Å². The highest BCUT2D eigenvalue weighted by atomic mass is 16.3. The van der Waals surface area contributed by atoms with Crippen molar-refractivity contribution in [2.45, 2.75) is 45.2 Å².